The van der Waals surface area contributed by atoms with E-state index in [1.165, 1.54) is 32.0 Å². The summed E-state index contributed by atoms with van der Waals surface area (Å²) in [5.41, 5.74) is 11.6. The second-order valence-electron chi connectivity index (χ2n) is 8.02. The Balaban J connectivity index is 2.21. The first kappa shape index (κ1) is 27.9. The van der Waals surface area contributed by atoms with Gasteiger partial charge in [0.1, 0.15) is 24.2 Å². The minimum Gasteiger partial charge on any atom is -0.480 e. The van der Waals surface area contributed by atoms with Crippen LogP contribution < -0.4 is 27.4 Å². The average molecular weight is 508 g/mol. The van der Waals surface area contributed by atoms with Crippen LogP contribution in [0, 0.1) is 0 Å². The van der Waals surface area contributed by atoms with Crippen LogP contribution in [0.4, 0.5) is 0 Å². The molecule has 0 aromatic carbocycles. The second kappa shape index (κ2) is 13.0. The Bertz CT molecular complexity index is 1040. The maximum Gasteiger partial charge on any atom is 0.326 e. The third-order valence-electron chi connectivity index (χ3n) is 5.07. The zero-order valence-electron chi connectivity index (χ0n) is 19.3. The molecule has 2 rings (SSSR count). The van der Waals surface area contributed by atoms with Gasteiger partial charge in [0.2, 0.25) is 23.6 Å². The Hall–Kier alpha value is -4.31. The van der Waals surface area contributed by atoms with Crippen LogP contribution in [0.1, 0.15) is 24.7 Å². The molecule has 0 radical (unpaired) electrons. The summed E-state index contributed by atoms with van der Waals surface area (Å²) < 4.78 is 0. The van der Waals surface area contributed by atoms with Gasteiger partial charge < -0.3 is 47.6 Å². The molecule has 0 aliphatic heterocycles. The summed E-state index contributed by atoms with van der Waals surface area (Å²) in [6.45, 7) is 1.26. The average Bonchev–Trinajstić information content (AvgIpc) is 3.50. The maximum absolute atomic E-state index is 13.0. The Morgan fingerprint density at radius 3 is 1.81 bits per heavy atom. The van der Waals surface area contributed by atoms with Gasteiger partial charge in [-0.15, -0.1) is 0 Å². The molecule has 5 unspecified atom stereocenters. The van der Waals surface area contributed by atoms with Gasteiger partial charge in [-0.05, 0) is 6.92 Å². The lowest BCUT2D eigenvalue weighted by molar-refractivity contribution is -0.142. The van der Waals surface area contributed by atoms with Gasteiger partial charge in [-0.3, -0.25) is 19.2 Å². The zero-order chi connectivity index (χ0) is 26.8. The number of aromatic nitrogens is 4. The minimum atomic E-state index is -1.52. The first-order valence-electron chi connectivity index (χ1n) is 10.8. The summed E-state index contributed by atoms with van der Waals surface area (Å²) >= 11 is 0. The minimum absolute atomic E-state index is 0.108. The molecule has 0 spiro atoms. The third kappa shape index (κ3) is 8.48. The first-order valence-corrected chi connectivity index (χ1v) is 10.8. The van der Waals surface area contributed by atoms with E-state index in [1.807, 2.05) is 0 Å². The van der Waals surface area contributed by atoms with E-state index in [9.17, 15) is 34.2 Å². The molecule has 196 valence electrons. The van der Waals surface area contributed by atoms with Gasteiger partial charge >= 0.3 is 5.97 Å². The number of hydrogen-bond donors (Lipinski definition) is 9. The molecule has 2 aromatic heterocycles. The number of nitrogens with zero attached hydrogens (tertiary/aromatic N) is 2. The lowest BCUT2D eigenvalue weighted by Gasteiger charge is -2.25. The van der Waals surface area contributed by atoms with Crippen molar-refractivity contribution < 1.29 is 34.2 Å². The number of amides is 4. The molecule has 36 heavy (non-hydrogen) atoms. The molecule has 16 nitrogen and oxygen atoms in total. The summed E-state index contributed by atoms with van der Waals surface area (Å²) in [7, 11) is 0. The van der Waals surface area contributed by atoms with Crippen LogP contribution in [0.15, 0.2) is 25.0 Å². The molecule has 0 aliphatic carbocycles. The largest absolute Gasteiger partial charge is 0.480 e. The fourth-order valence-electron chi connectivity index (χ4n) is 3.08. The van der Waals surface area contributed by atoms with Crippen molar-refractivity contribution in [3.05, 3.63) is 36.4 Å². The monoisotopic (exact) mass is 507 g/mol. The fraction of sp³-hybridized carbons (Fsp3) is 0.450. The summed E-state index contributed by atoms with van der Waals surface area (Å²) in [6, 6.07) is -5.60. The maximum atomic E-state index is 13.0. The van der Waals surface area contributed by atoms with Crippen LogP contribution in [0.2, 0.25) is 0 Å². The molecule has 4 amide bonds. The predicted molar refractivity (Wildman–Crippen MR) is 121 cm³/mol. The highest BCUT2D eigenvalue weighted by Crippen LogP contribution is 2.05. The zero-order valence-corrected chi connectivity index (χ0v) is 19.3. The summed E-state index contributed by atoms with van der Waals surface area (Å²) in [5.74, 6) is -4.99. The van der Waals surface area contributed by atoms with Gasteiger partial charge in [-0.2, -0.15) is 0 Å². The van der Waals surface area contributed by atoms with E-state index in [-0.39, 0.29) is 12.8 Å². The molecule has 16 heteroatoms. The highest BCUT2D eigenvalue weighted by molar-refractivity contribution is 5.96. The number of H-pyrrole nitrogens is 2. The predicted octanol–water partition coefficient (Wildman–Crippen LogP) is -3.96. The standard InChI is InChI=1S/C20H29N9O7/c1-9(30)16(22)19(34)28-13(4-15(21)31)18(33)27-12(2-10-5-23-7-25-10)17(32)29-14(20(35)36)3-11-6-24-8-26-11/h5-9,12-14,16,30H,2-4,22H2,1H3,(H2,21,31)(H,23,25)(H,24,26)(H,27,33)(H,28,34)(H,29,32)(H,35,36). The molecule has 0 saturated carbocycles. The van der Waals surface area contributed by atoms with E-state index in [0.717, 1.165) is 0 Å². The fourth-order valence-corrected chi connectivity index (χ4v) is 3.08. The van der Waals surface area contributed by atoms with Crippen molar-refractivity contribution in [2.45, 2.75) is 56.5 Å². The molecule has 2 aromatic rings. The number of carbonyl (C=O) groups excluding carboxylic acids is 4. The van der Waals surface area contributed by atoms with Crippen LogP contribution in [-0.2, 0) is 36.8 Å². The van der Waals surface area contributed by atoms with E-state index < -0.39 is 66.3 Å². The molecular formula is C20H29N9O7. The number of primary amides is 1. The van der Waals surface area contributed by atoms with Gasteiger partial charge in [0, 0.05) is 36.6 Å². The lowest BCUT2D eigenvalue weighted by atomic mass is 10.1. The number of imidazole rings is 2. The number of rotatable bonds is 14. The van der Waals surface area contributed by atoms with Crippen molar-refractivity contribution in [3.8, 4) is 0 Å². The summed E-state index contributed by atoms with van der Waals surface area (Å²) in [4.78, 5) is 74.6. The number of aliphatic hydroxyl groups is 1. The Labute approximate surface area is 204 Å². The highest BCUT2D eigenvalue weighted by Gasteiger charge is 2.32. The number of nitrogens with two attached hydrogens (primary N) is 2. The number of carboxylic acids is 1. The van der Waals surface area contributed by atoms with Crippen molar-refractivity contribution in [1.29, 1.82) is 0 Å². The molecule has 2 heterocycles. The SMILES string of the molecule is CC(O)C(N)C(=O)NC(CC(N)=O)C(=O)NC(Cc1cnc[nH]1)C(=O)NC(Cc1cnc[nH]1)C(=O)O. The highest BCUT2D eigenvalue weighted by atomic mass is 16.4. The normalized spacial score (nSPS) is 15.1. The second-order valence-corrected chi connectivity index (χ2v) is 8.02. The van der Waals surface area contributed by atoms with Crippen molar-refractivity contribution in [2.24, 2.45) is 11.5 Å². The molecule has 0 bridgehead atoms. The molecule has 0 saturated heterocycles. The number of carboxylic acid groups (broad SMARTS) is 1. The molecule has 0 fully saturated rings. The van der Waals surface area contributed by atoms with E-state index in [2.05, 4.69) is 35.9 Å². The summed E-state index contributed by atoms with van der Waals surface area (Å²) in [6.07, 6.45) is 3.40. The van der Waals surface area contributed by atoms with Crippen molar-refractivity contribution in [1.82, 2.24) is 35.9 Å². The quantitative estimate of drug-likeness (QED) is 0.120. The third-order valence-corrected chi connectivity index (χ3v) is 5.07. The van der Waals surface area contributed by atoms with Crippen LogP contribution in [-0.4, -0.2) is 90.0 Å². The van der Waals surface area contributed by atoms with Crippen LogP contribution in [0.5, 0.6) is 0 Å². The van der Waals surface area contributed by atoms with Crippen molar-refractivity contribution in [3.63, 3.8) is 0 Å². The topological polar surface area (TPSA) is 271 Å². The van der Waals surface area contributed by atoms with Gasteiger partial charge in [0.25, 0.3) is 0 Å². The van der Waals surface area contributed by atoms with Crippen LogP contribution >= 0.6 is 0 Å². The number of carbonyl (C=O) groups is 5. The van der Waals surface area contributed by atoms with E-state index >= 15 is 0 Å². The smallest absolute Gasteiger partial charge is 0.326 e. The number of aliphatic carboxylic acids is 1. The number of aromatic amines is 2. The lowest BCUT2D eigenvalue weighted by Crippen LogP contribution is -2.59. The summed E-state index contributed by atoms with van der Waals surface area (Å²) in [5, 5.41) is 26.0. The van der Waals surface area contributed by atoms with Crippen molar-refractivity contribution >= 4 is 29.6 Å². The molecule has 0 aliphatic rings. The molecule has 5 atom stereocenters. The number of aliphatic hydroxyl groups excluding tert-OH is 1. The number of nitrogens with one attached hydrogen (secondary N) is 5. The number of hydrogen-bond acceptors (Lipinski definition) is 9. The molecule has 11 N–H and O–H groups in total. The van der Waals surface area contributed by atoms with Gasteiger partial charge in [0.15, 0.2) is 0 Å². The van der Waals surface area contributed by atoms with E-state index in [1.54, 1.807) is 0 Å². The van der Waals surface area contributed by atoms with E-state index in [0.29, 0.717) is 11.4 Å². The van der Waals surface area contributed by atoms with Gasteiger partial charge in [-0.25, -0.2) is 14.8 Å². The Morgan fingerprint density at radius 2 is 1.36 bits per heavy atom. The van der Waals surface area contributed by atoms with Crippen LogP contribution in [0.3, 0.4) is 0 Å². The van der Waals surface area contributed by atoms with Crippen LogP contribution in [0.25, 0.3) is 0 Å². The van der Waals surface area contributed by atoms with Gasteiger partial charge in [-0.1, -0.05) is 0 Å². The Morgan fingerprint density at radius 1 is 0.889 bits per heavy atom. The first-order chi connectivity index (χ1) is 17.0. The van der Waals surface area contributed by atoms with E-state index in [4.69, 9.17) is 11.5 Å². The molecular weight excluding hydrogens is 478 g/mol. The van der Waals surface area contributed by atoms with Crippen molar-refractivity contribution in [2.75, 3.05) is 0 Å². The Kier molecular flexibility index (Phi) is 10.1. The van der Waals surface area contributed by atoms with Gasteiger partial charge in [0.05, 0.1) is 25.2 Å².